The first-order valence-electron chi connectivity index (χ1n) is 11.9. The van der Waals surface area contributed by atoms with Gasteiger partial charge < -0.3 is 31.3 Å². The van der Waals surface area contributed by atoms with Gasteiger partial charge in [-0.05, 0) is 52.4 Å². The lowest BCUT2D eigenvalue weighted by atomic mass is 9.87. The van der Waals surface area contributed by atoms with Crippen molar-refractivity contribution >= 4 is 27.9 Å². The molecular weight excluding hydrogens is 573 g/mol. The summed E-state index contributed by atoms with van der Waals surface area (Å²) in [5.74, 6) is -3.60. The second kappa shape index (κ2) is 15.1. The summed E-state index contributed by atoms with van der Waals surface area (Å²) < 4.78 is 65.1. The van der Waals surface area contributed by atoms with Crippen molar-refractivity contribution in [1.82, 2.24) is 4.72 Å². The summed E-state index contributed by atoms with van der Waals surface area (Å²) in [4.78, 5) is 25.5. The van der Waals surface area contributed by atoms with Crippen molar-refractivity contribution in [2.24, 2.45) is 16.6 Å². The molecule has 41 heavy (non-hydrogen) atoms. The molecule has 228 valence electrons. The van der Waals surface area contributed by atoms with Crippen molar-refractivity contribution < 1.29 is 51.0 Å². The van der Waals surface area contributed by atoms with Crippen molar-refractivity contribution in [3.63, 3.8) is 0 Å². The van der Waals surface area contributed by atoms with Crippen LogP contribution in [0.25, 0.3) is 0 Å². The molecule has 2 rings (SSSR count). The Morgan fingerprint density at radius 2 is 1.51 bits per heavy atom. The van der Waals surface area contributed by atoms with E-state index < -0.39 is 34.2 Å². The molecule has 12 nitrogen and oxygen atoms in total. The molecular formula is C25H33F3N4O8S. The van der Waals surface area contributed by atoms with E-state index in [1.807, 2.05) is 20.8 Å². The quantitative estimate of drug-likeness (QED) is 0.103. The zero-order valence-corrected chi connectivity index (χ0v) is 23.3. The minimum absolute atomic E-state index is 0.0133. The maximum absolute atomic E-state index is 12.8. The Labute approximate surface area is 235 Å². The Morgan fingerprint density at radius 3 is 1.95 bits per heavy atom. The predicted molar refractivity (Wildman–Crippen MR) is 143 cm³/mol. The zero-order valence-electron chi connectivity index (χ0n) is 22.5. The molecule has 7 N–H and O–H groups in total. The summed E-state index contributed by atoms with van der Waals surface area (Å²) in [5.41, 5.74) is 11.8. The molecule has 0 aromatic heterocycles. The molecule has 0 heterocycles. The first-order chi connectivity index (χ1) is 18.8. The largest absolute Gasteiger partial charge is 0.493 e. The molecule has 0 spiro atoms. The van der Waals surface area contributed by atoms with Crippen molar-refractivity contribution in [3.8, 4) is 5.75 Å². The highest BCUT2D eigenvalue weighted by Crippen LogP contribution is 2.23. The number of nitrogens with zero attached hydrogens (tertiary/aromatic N) is 1. The molecule has 0 aliphatic carbocycles. The average molecular weight is 607 g/mol. The second-order valence-electron chi connectivity index (χ2n) is 9.49. The van der Waals surface area contributed by atoms with E-state index in [1.165, 1.54) is 12.1 Å². The molecule has 2 aromatic carbocycles. The van der Waals surface area contributed by atoms with Crippen LogP contribution >= 0.6 is 0 Å². The Kier molecular flexibility index (Phi) is 12.9. The lowest BCUT2D eigenvalue weighted by molar-refractivity contribution is -0.192. The summed E-state index contributed by atoms with van der Waals surface area (Å²) in [6, 6.07) is 11.8. The summed E-state index contributed by atoms with van der Waals surface area (Å²) >= 11 is 0. The van der Waals surface area contributed by atoms with Crippen molar-refractivity contribution in [2.75, 3.05) is 13.2 Å². The summed E-state index contributed by atoms with van der Waals surface area (Å²) in [6.07, 6.45) is -4.56. The van der Waals surface area contributed by atoms with E-state index in [9.17, 15) is 31.5 Å². The molecule has 0 aliphatic rings. The van der Waals surface area contributed by atoms with Crippen LogP contribution in [0, 0.1) is 0 Å². The van der Waals surface area contributed by atoms with Crippen molar-refractivity contribution in [1.29, 1.82) is 0 Å². The number of rotatable bonds is 12. The van der Waals surface area contributed by atoms with Gasteiger partial charge >= 0.3 is 18.1 Å². The fourth-order valence-corrected chi connectivity index (χ4v) is 4.15. The number of hydrogen-bond donors (Lipinski definition) is 5. The van der Waals surface area contributed by atoms with Gasteiger partial charge in [-0.15, -0.1) is 0 Å². The van der Waals surface area contributed by atoms with Gasteiger partial charge in [-0.25, -0.2) is 13.2 Å². The second-order valence-corrected chi connectivity index (χ2v) is 11.2. The molecule has 0 unspecified atom stereocenters. The number of benzene rings is 2. The molecule has 2 aromatic rings. The standard InChI is InChI=1S/C23H32N4O6S.C2HF3O2/c1-23(2,3)17-7-11-19(12-8-17)34(30,31)27-20(21(28)29)15-16-5-9-18(10-6-16)32-13-4-14-33-26-22(24)25;3-2(4,5)1(6)7/h5-12,20,27H,4,13-15H2,1-3H3,(H,28,29)(H4,24,25,26);(H,6,7)/t20-;/m0./s1. The normalized spacial score (nSPS) is 12.3. The average Bonchev–Trinajstić information content (AvgIpc) is 2.85. The molecule has 16 heteroatoms. The van der Waals surface area contributed by atoms with Crippen molar-refractivity contribution in [3.05, 3.63) is 59.7 Å². The van der Waals surface area contributed by atoms with Gasteiger partial charge in [0.2, 0.25) is 16.0 Å². The lowest BCUT2D eigenvalue weighted by Crippen LogP contribution is -2.42. The van der Waals surface area contributed by atoms with E-state index in [4.69, 9.17) is 30.9 Å². The van der Waals surface area contributed by atoms with Crippen LogP contribution in [0.5, 0.6) is 5.75 Å². The molecule has 0 saturated carbocycles. The van der Waals surface area contributed by atoms with Crippen LogP contribution < -0.4 is 20.9 Å². The maximum Gasteiger partial charge on any atom is 0.490 e. The minimum Gasteiger partial charge on any atom is -0.493 e. The minimum atomic E-state index is -5.08. The van der Waals surface area contributed by atoms with E-state index in [2.05, 4.69) is 9.88 Å². The van der Waals surface area contributed by atoms with Crippen LogP contribution in [0.2, 0.25) is 0 Å². The first kappa shape index (κ1) is 35.0. The lowest BCUT2D eigenvalue weighted by Gasteiger charge is -2.20. The van der Waals surface area contributed by atoms with Crippen LogP contribution in [0.4, 0.5) is 13.2 Å². The monoisotopic (exact) mass is 606 g/mol. The SMILES string of the molecule is CC(C)(C)c1ccc(S(=O)(=O)N[C@@H](Cc2ccc(OCCCON=C(N)N)cc2)C(=O)O)cc1.O=C(O)C(F)(F)F. The Morgan fingerprint density at radius 1 is 0.976 bits per heavy atom. The van der Waals surface area contributed by atoms with Gasteiger partial charge in [0.1, 0.15) is 18.4 Å². The predicted octanol–water partition coefficient (Wildman–Crippen LogP) is 2.57. The van der Waals surface area contributed by atoms with E-state index in [-0.39, 0.29) is 29.3 Å². The van der Waals surface area contributed by atoms with Crippen molar-refractivity contribution in [2.45, 2.75) is 56.1 Å². The highest BCUT2D eigenvalue weighted by Gasteiger charge is 2.38. The van der Waals surface area contributed by atoms with Crippen LogP contribution in [0.1, 0.15) is 38.3 Å². The number of oxime groups is 1. The zero-order chi connectivity index (χ0) is 31.4. The smallest absolute Gasteiger partial charge is 0.490 e. The third kappa shape index (κ3) is 13.2. The number of carboxylic acid groups (broad SMARTS) is 2. The van der Waals surface area contributed by atoms with Gasteiger partial charge in [0, 0.05) is 6.42 Å². The number of carboxylic acids is 2. The van der Waals surface area contributed by atoms with Gasteiger partial charge in [0.25, 0.3) is 0 Å². The van der Waals surface area contributed by atoms with Crippen LogP contribution in [-0.4, -0.2) is 62.0 Å². The van der Waals surface area contributed by atoms with E-state index in [0.717, 1.165) is 5.56 Å². The fraction of sp³-hybridized carbons (Fsp3) is 0.400. The van der Waals surface area contributed by atoms with E-state index in [1.54, 1.807) is 36.4 Å². The molecule has 0 aliphatic heterocycles. The number of nitrogens with two attached hydrogens (primary N) is 2. The van der Waals surface area contributed by atoms with Gasteiger partial charge in [-0.2, -0.15) is 17.9 Å². The molecule has 0 amide bonds. The summed E-state index contributed by atoms with van der Waals surface area (Å²) in [7, 11) is -4.01. The highest BCUT2D eigenvalue weighted by atomic mass is 32.2. The molecule has 1 atom stereocenters. The number of carbonyl (C=O) groups is 2. The Hall–Kier alpha value is -4.05. The van der Waals surface area contributed by atoms with Gasteiger partial charge in [0.15, 0.2) is 0 Å². The topological polar surface area (TPSA) is 204 Å². The van der Waals surface area contributed by atoms with Crippen LogP contribution in [0.15, 0.2) is 58.6 Å². The number of guanidine groups is 1. The first-order valence-corrected chi connectivity index (χ1v) is 13.4. The fourth-order valence-electron chi connectivity index (χ4n) is 2.96. The maximum atomic E-state index is 12.8. The number of alkyl halides is 3. The summed E-state index contributed by atoms with van der Waals surface area (Å²) in [6.45, 7) is 6.72. The number of hydrogen-bond acceptors (Lipinski definition) is 7. The molecule has 0 fully saturated rings. The Bertz CT molecular complexity index is 1270. The number of aliphatic carboxylic acids is 2. The highest BCUT2D eigenvalue weighted by molar-refractivity contribution is 7.89. The molecule has 0 bridgehead atoms. The number of ether oxygens (including phenoxy) is 1. The summed E-state index contributed by atoms with van der Waals surface area (Å²) in [5, 5.41) is 20.1. The van der Waals surface area contributed by atoms with Crippen LogP contribution in [-0.2, 0) is 36.3 Å². The number of halogens is 3. The van der Waals surface area contributed by atoms with E-state index in [0.29, 0.717) is 24.3 Å². The third-order valence-corrected chi connectivity index (χ3v) is 6.54. The number of nitrogens with one attached hydrogen (secondary N) is 1. The van der Waals surface area contributed by atoms with Gasteiger partial charge in [-0.3, -0.25) is 4.79 Å². The Balaban J connectivity index is 0.00000106. The van der Waals surface area contributed by atoms with Gasteiger partial charge in [-0.1, -0.05) is 45.0 Å². The third-order valence-electron chi connectivity index (χ3n) is 5.05. The molecule has 0 saturated heterocycles. The molecule has 0 radical (unpaired) electrons. The van der Waals surface area contributed by atoms with E-state index >= 15 is 0 Å². The van der Waals surface area contributed by atoms with Crippen LogP contribution in [0.3, 0.4) is 0 Å². The number of sulfonamides is 1. The van der Waals surface area contributed by atoms with Gasteiger partial charge in [0.05, 0.1) is 11.5 Å².